The van der Waals surface area contributed by atoms with Crippen molar-refractivity contribution < 1.29 is 18.0 Å². The second-order valence-electron chi connectivity index (χ2n) is 5.50. The molecule has 1 amide bonds. The van der Waals surface area contributed by atoms with E-state index in [0.717, 1.165) is 0 Å². The van der Waals surface area contributed by atoms with E-state index in [1.54, 1.807) is 29.2 Å². The Hall–Kier alpha value is -0.750. The lowest BCUT2D eigenvalue weighted by molar-refractivity contribution is -0.133. The highest BCUT2D eigenvalue weighted by Crippen LogP contribution is 2.36. The summed E-state index contributed by atoms with van der Waals surface area (Å²) in [6.07, 6.45) is -4.57. The predicted octanol–water partition coefficient (Wildman–Crippen LogP) is 4.33. The summed E-state index contributed by atoms with van der Waals surface area (Å²) in [6, 6.07) is 8.76. The fourth-order valence-electron chi connectivity index (χ4n) is 2.71. The Labute approximate surface area is 140 Å². The zero-order valence-electron chi connectivity index (χ0n) is 11.7. The Bertz CT molecular complexity index is 511. The molecular weight excluding hydrogens is 383 g/mol. The molecule has 122 valence electrons. The molecule has 1 heterocycles. The average Bonchev–Trinajstić information content (AvgIpc) is 2.89. The maximum atomic E-state index is 12.6. The molecule has 7 heteroatoms. The summed E-state index contributed by atoms with van der Waals surface area (Å²) >= 11 is 8.79. The van der Waals surface area contributed by atoms with Crippen LogP contribution in [0.5, 0.6) is 0 Å². The molecule has 0 saturated carbocycles. The van der Waals surface area contributed by atoms with E-state index >= 15 is 0 Å². The summed E-state index contributed by atoms with van der Waals surface area (Å²) in [5, 5.41) is -1.32. The fraction of sp³-hybridized carbons (Fsp3) is 0.533. The maximum Gasteiger partial charge on any atom is 0.404 e. The SMILES string of the molecule is O=C(c1ccccc1)N1CC(CBr)C(CC(Cl)C(F)(F)F)C1. The number of benzene rings is 1. The largest absolute Gasteiger partial charge is 0.404 e. The number of hydrogen-bond acceptors (Lipinski definition) is 1. The van der Waals surface area contributed by atoms with Crippen LogP contribution in [0.4, 0.5) is 13.2 Å². The average molecular weight is 399 g/mol. The minimum Gasteiger partial charge on any atom is -0.338 e. The molecule has 1 fully saturated rings. The van der Waals surface area contributed by atoms with Gasteiger partial charge < -0.3 is 4.90 Å². The Morgan fingerprint density at radius 1 is 1.27 bits per heavy atom. The summed E-state index contributed by atoms with van der Waals surface area (Å²) in [6.45, 7) is 0.758. The quantitative estimate of drug-likeness (QED) is 0.691. The molecule has 1 aliphatic heterocycles. The third kappa shape index (κ3) is 4.16. The molecule has 2 nitrogen and oxygen atoms in total. The van der Waals surface area contributed by atoms with Crippen molar-refractivity contribution in [2.24, 2.45) is 11.8 Å². The van der Waals surface area contributed by atoms with Crippen molar-refractivity contribution in [3.05, 3.63) is 35.9 Å². The Kier molecular flexibility index (Phi) is 5.77. The van der Waals surface area contributed by atoms with Crippen LogP contribution in [0.1, 0.15) is 16.8 Å². The lowest BCUT2D eigenvalue weighted by Gasteiger charge is -2.21. The standard InChI is InChI=1S/C15H16BrClF3NO/c16-7-12-9-21(14(22)10-4-2-1-3-5-10)8-11(12)6-13(17)15(18,19)20/h1-5,11-13H,6-9H2. The molecule has 0 N–H and O–H groups in total. The van der Waals surface area contributed by atoms with Crippen molar-refractivity contribution in [1.82, 2.24) is 4.90 Å². The Balaban J connectivity index is 2.04. The van der Waals surface area contributed by atoms with E-state index in [9.17, 15) is 18.0 Å². The molecule has 1 saturated heterocycles. The number of halogens is 5. The highest BCUT2D eigenvalue weighted by molar-refractivity contribution is 9.09. The number of hydrogen-bond donors (Lipinski definition) is 0. The summed E-state index contributed by atoms with van der Waals surface area (Å²) < 4.78 is 37.9. The Morgan fingerprint density at radius 3 is 2.41 bits per heavy atom. The Morgan fingerprint density at radius 2 is 1.86 bits per heavy atom. The van der Waals surface area contributed by atoms with Crippen LogP contribution >= 0.6 is 27.5 Å². The number of alkyl halides is 5. The van der Waals surface area contributed by atoms with Crippen molar-refractivity contribution in [3.8, 4) is 0 Å². The normalized spacial score (nSPS) is 23.6. The third-order valence-corrected chi connectivity index (χ3v) is 5.20. The van der Waals surface area contributed by atoms with Gasteiger partial charge in [-0.2, -0.15) is 13.2 Å². The van der Waals surface area contributed by atoms with Gasteiger partial charge in [0.15, 0.2) is 0 Å². The second kappa shape index (κ2) is 7.21. The lowest BCUT2D eigenvalue weighted by Crippen LogP contribution is -2.30. The van der Waals surface area contributed by atoms with Crippen LogP contribution < -0.4 is 0 Å². The van der Waals surface area contributed by atoms with Crippen molar-refractivity contribution in [2.75, 3.05) is 18.4 Å². The van der Waals surface area contributed by atoms with E-state index in [1.165, 1.54) is 0 Å². The van der Waals surface area contributed by atoms with Gasteiger partial charge in [0.1, 0.15) is 5.38 Å². The van der Waals surface area contributed by atoms with Gasteiger partial charge in [-0.25, -0.2) is 0 Å². The molecule has 22 heavy (non-hydrogen) atoms. The molecule has 1 aromatic carbocycles. The summed E-state index contributed by atoms with van der Waals surface area (Å²) in [7, 11) is 0. The molecular formula is C15H16BrClF3NO. The molecule has 3 atom stereocenters. The first kappa shape index (κ1) is 17.6. The predicted molar refractivity (Wildman–Crippen MR) is 83.4 cm³/mol. The van der Waals surface area contributed by atoms with Gasteiger partial charge in [0, 0.05) is 24.0 Å². The van der Waals surface area contributed by atoms with E-state index in [1.807, 2.05) is 6.07 Å². The number of rotatable bonds is 4. The van der Waals surface area contributed by atoms with Gasteiger partial charge in [-0.1, -0.05) is 34.1 Å². The number of carbonyl (C=O) groups is 1. The van der Waals surface area contributed by atoms with Crippen LogP contribution in [-0.4, -0.2) is 40.8 Å². The van der Waals surface area contributed by atoms with Crippen molar-refractivity contribution >= 4 is 33.4 Å². The first-order valence-corrected chi connectivity index (χ1v) is 8.49. The highest BCUT2D eigenvalue weighted by atomic mass is 79.9. The van der Waals surface area contributed by atoms with E-state index in [0.29, 0.717) is 24.0 Å². The van der Waals surface area contributed by atoms with Crippen LogP contribution in [0, 0.1) is 11.8 Å². The molecule has 0 spiro atoms. The second-order valence-corrected chi connectivity index (χ2v) is 6.67. The molecule has 0 radical (unpaired) electrons. The van der Waals surface area contributed by atoms with Crippen LogP contribution in [0.25, 0.3) is 0 Å². The van der Waals surface area contributed by atoms with E-state index in [2.05, 4.69) is 15.9 Å². The van der Waals surface area contributed by atoms with E-state index in [4.69, 9.17) is 11.6 Å². The van der Waals surface area contributed by atoms with Crippen LogP contribution in [0.3, 0.4) is 0 Å². The number of likely N-dealkylation sites (tertiary alicyclic amines) is 1. The molecule has 0 bridgehead atoms. The molecule has 0 aliphatic carbocycles. The van der Waals surface area contributed by atoms with Crippen LogP contribution in [-0.2, 0) is 0 Å². The first-order valence-electron chi connectivity index (χ1n) is 6.94. The number of carbonyl (C=O) groups excluding carboxylic acids is 1. The minimum absolute atomic E-state index is 0.0173. The minimum atomic E-state index is -4.41. The van der Waals surface area contributed by atoms with Gasteiger partial charge in [-0.3, -0.25) is 4.79 Å². The van der Waals surface area contributed by atoms with Gasteiger partial charge in [-0.05, 0) is 30.4 Å². The van der Waals surface area contributed by atoms with Crippen LogP contribution in [0.15, 0.2) is 30.3 Å². The lowest BCUT2D eigenvalue weighted by atomic mass is 9.93. The molecule has 1 aliphatic rings. The van der Waals surface area contributed by atoms with Gasteiger partial charge in [-0.15, -0.1) is 11.6 Å². The fourth-order valence-corrected chi connectivity index (χ4v) is 3.67. The van der Waals surface area contributed by atoms with E-state index < -0.39 is 11.6 Å². The topological polar surface area (TPSA) is 20.3 Å². The summed E-state index contributed by atoms with van der Waals surface area (Å²) in [5.41, 5.74) is 0.551. The van der Waals surface area contributed by atoms with E-state index in [-0.39, 0.29) is 24.2 Å². The summed E-state index contributed by atoms with van der Waals surface area (Å²) in [5.74, 6) is -0.417. The van der Waals surface area contributed by atoms with Gasteiger partial charge >= 0.3 is 6.18 Å². The molecule has 1 aromatic rings. The number of nitrogens with zero attached hydrogens (tertiary/aromatic N) is 1. The molecule has 3 unspecified atom stereocenters. The monoisotopic (exact) mass is 397 g/mol. The van der Waals surface area contributed by atoms with Crippen molar-refractivity contribution in [3.63, 3.8) is 0 Å². The third-order valence-electron chi connectivity index (χ3n) is 3.95. The zero-order chi connectivity index (χ0) is 16.3. The van der Waals surface area contributed by atoms with Crippen LogP contribution in [0.2, 0.25) is 0 Å². The van der Waals surface area contributed by atoms with Gasteiger partial charge in [0.2, 0.25) is 0 Å². The maximum absolute atomic E-state index is 12.6. The van der Waals surface area contributed by atoms with Crippen molar-refractivity contribution in [1.29, 1.82) is 0 Å². The van der Waals surface area contributed by atoms with Gasteiger partial charge in [0.05, 0.1) is 0 Å². The number of amides is 1. The van der Waals surface area contributed by atoms with Crippen molar-refractivity contribution in [2.45, 2.75) is 18.0 Å². The van der Waals surface area contributed by atoms with Gasteiger partial charge in [0.25, 0.3) is 5.91 Å². The first-order chi connectivity index (χ1) is 10.3. The zero-order valence-corrected chi connectivity index (χ0v) is 14.0. The summed E-state index contributed by atoms with van der Waals surface area (Å²) in [4.78, 5) is 14.0. The molecule has 0 aromatic heterocycles. The highest BCUT2D eigenvalue weighted by Gasteiger charge is 2.43. The smallest absolute Gasteiger partial charge is 0.338 e. The molecule has 2 rings (SSSR count).